The van der Waals surface area contributed by atoms with Crippen molar-refractivity contribution in [3.63, 3.8) is 0 Å². The average molecular weight is 592 g/mol. The van der Waals surface area contributed by atoms with E-state index in [-0.39, 0.29) is 18.6 Å². The number of hydrogen-bond acceptors (Lipinski definition) is 6. The Hall–Kier alpha value is -4.24. The van der Waals surface area contributed by atoms with E-state index in [1.54, 1.807) is 0 Å². The number of amides is 2. The maximum absolute atomic E-state index is 13.0. The van der Waals surface area contributed by atoms with E-state index in [2.05, 4.69) is 28.6 Å². The van der Waals surface area contributed by atoms with Gasteiger partial charge in [0.2, 0.25) is 5.91 Å². The van der Waals surface area contributed by atoms with Gasteiger partial charge < -0.3 is 19.9 Å². The molecule has 4 aromatic carbocycles. The Labute approximate surface area is 257 Å². The number of hydrogen-bond donors (Lipinski definition) is 3. The zero-order valence-corrected chi connectivity index (χ0v) is 24.7. The normalized spacial score (nSPS) is 23.6. The molecule has 0 spiro atoms. The summed E-state index contributed by atoms with van der Waals surface area (Å²) in [6.07, 6.45) is 3.44. The van der Waals surface area contributed by atoms with Crippen LogP contribution in [-0.2, 0) is 27.3 Å². The molecule has 3 aliphatic rings. The monoisotopic (exact) mass is 591 g/mol. The number of fused-ring (bicyclic) bond motifs is 6. The minimum atomic E-state index is -0.433. The van der Waals surface area contributed by atoms with E-state index in [9.17, 15) is 14.7 Å². The maximum atomic E-state index is 13.0. The minimum Gasteiger partial charge on any atom is -0.446 e. The highest BCUT2D eigenvalue weighted by Crippen LogP contribution is 2.48. The van der Waals surface area contributed by atoms with Gasteiger partial charge in [0.05, 0.1) is 12.3 Å². The summed E-state index contributed by atoms with van der Waals surface area (Å²) in [6.45, 7) is 0.00344. The van der Waals surface area contributed by atoms with Crippen molar-refractivity contribution in [1.29, 1.82) is 0 Å². The van der Waals surface area contributed by atoms with Gasteiger partial charge in [-0.1, -0.05) is 54.6 Å². The molecule has 3 N–H and O–H groups in total. The lowest BCUT2D eigenvalue weighted by molar-refractivity contribution is -0.116. The topological polar surface area (TPSA) is 103 Å². The summed E-state index contributed by atoms with van der Waals surface area (Å²) in [6, 6.07) is 28.2. The van der Waals surface area contributed by atoms with Crippen LogP contribution in [0.5, 0.6) is 0 Å². The molecule has 0 aromatic heterocycles. The molecule has 2 amide bonds. The van der Waals surface area contributed by atoms with Crippen LogP contribution in [0.15, 0.2) is 84.9 Å². The highest BCUT2D eigenvalue weighted by atomic mass is 16.6. The number of morpholine rings is 1. The fraction of sp³-hybridized carbons (Fsp3) is 0.333. The molecule has 0 aliphatic carbocycles. The Morgan fingerprint density at radius 2 is 1.61 bits per heavy atom. The highest BCUT2D eigenvalue weighted by molar-refractivity contribution is 5.95. The third-order valence-electron chi connectivity index (χ3n) is 9.29. The van der Waals surface area contributed by atoms with Crippen LogP contribution < -0.4 is 10.6 Å². The summed E-state index contributed by atoms with van der Waals surface area (Å²) in [5.74, 6) is -0.0353. The first-order chi connectivity index (χ1) is 21.4. The third kappa shape index (κ3) is 5.93. The van der Waals surface area contributed by atoms with Crippen LogP contribution in [0.1, 0.15) is 36.8 Å². The second kappa shape index (κ2) is 12.0. The summed E-state index contributed by atoms with van der Waals surface area (Å²) in [5, 5.41) is 17.4. The molecular weight excluding hydrogens is 554 g/mol. The summed E-state index contributed by atoms with van der Waals surface area (Å²) in [5.41, 5.74) is 5.33. The van der Waals surface area contributed by atoms with E-state index >= 15 is 0 Å². The second-order valence-electron chi connectivity index (χ2n) is 12.2. The minimum absolute atomic E-state index is 0.00344. The molecule has 3 aliphatic heterocycles. The Bertz CT molecular complexity index is 1670. The number of carbonyl (C=O) groups is 2. The zero-order chi connectivity index (χ0) is 30.2. The Kier molecular flexibility index (Phi) is 7.80. The molecule has 44 heavy (non-hydrogen) atoms. The summed E-state index contributed by atoms with van der Waals surface area (Å²) >= 11 is 0. The van der Waals surface area contributed by atoms with Crippen LogP contribution in [0.2, 0.25) is 0 Å². The molecule has 8 heteroatoms. The SMILES string of the molecule is CN1C2CC(OC(=O)Nc3ccc(CCCC(=O)Nc4ccc5cc(CO)ccc5c4)cc3-c3ccccc3)CC1C1OC12. The van der Waals surface area contributed by atoms with Crippen LogP contribution in [0.25, 0.3) is 21.9 Å². The summed E-state index contributed by atoms with van der Waals surface area (Å²) in [7, 11) is 2.14. The van der Waals surface area contributed by atoms with E-state index in [0.29, 0.717) is 42.8 Å². The molecule has 226 valence electrons. The molecule has 4 unspecified atom stereocenters. The molecular formula is C36H37N3O5. The lowest BCUT2D eigenvalue weighted by Crippen LogP contribution is -2.48. The molecule has 3 saturated heterocycles. The van der Waals surface area contributed by atoms with Crippen LogP contribution in [-0.4, -0.2) is 59.5 Å². The number of epoxide rings is 1. The molecule has 4 atom stereocenters. The van der Waals surface area contributed by atoms with Crippen molar-refractivity contribution in [2.45, 2.75) is 69.1 Å². The molecule has 3 fully saturated rings. The Morgan fingerprint density at radius 1 is 0.886 bits per heavy atom. The number of nitrogens with zero attached hydrogens (tertiary/aromatic N) is 1. The number of anilines is 2. The third-order valence-corrected chi connectivity index (χ3v) is 9.29. The maximum Gasteiger partial charge on any atom is 0.411 e. The average Bonchev–Trinajstić information content (AvgIpc) is 3.80. The molecule has 8 nitrogen and oxygen atoms in total. The van der Waals surface area contributed by atoms with Gasteiger partial charge in [0.1, 0.15) is 18.3 Å². The molecule has 0 saturated carbocycles. The first kappa shape index (κ1) is 28.5. The van der Waals surface area contributed by atoms with Gasteiger partial charge in [-0.15, -0.1) is 0 Å². The first-order valence-electron chi connectivity index (χ1n) is 15.4. The van der Waals surface area contributed by atoms with E-state index < -0.39 is 6.09 Å². The quantitative estimate of drug-likeness (QED) is 0.203. The number of rotatable bonds is 9. The predicted octanol–water partition coefficient (Wildman–Crippen LogP) is 6.12. The number of piperidine rings is 1. The first-order valence-corrected chi connectivity index (χ1v) is 15.4. The van der Waals surface area contributed by atoms with Gasteiger partial charge in [0.25, 0.3) is 0 Å². The van der Waals surface area contributed by atoms with Gasteiger partial charge in [0, 0.05) is 42.6 Å². The number of benzene rings is 4. The lowest BCUT2D eigenvalue weighted by atomic mass is 9.98. The van der Waals surface area contributed by atoms with Gasteiger partial charge in [-0.05, 0) is 77.7 Å². The largest absolute Gasteiger partial charge is 0.446 e. The fourth-order valence-corrected chi connectivity index (χ4v) is 6.95. The highest BCUT2D eigenvalue weighted by Gasteiger charge is 2.62. The lowest BCUT2D eigenvalue weighted by Gasteiger charge is -2.37. The standard InChI is InChI=1S/C36H37N3O5/c1-39-31-19-28(20-32(39)35-34(31)44-35)43-36(42)38-30-15-11-22(17-29(30)24-7-3-2-4-8-24)6-5-9-33(41)37-27-14-13-25-16-23(21-40)10-12-26(25)18-27/h2-4,7-8,10-18,28,31-32,34-35,40H,5-6,9,19-21H2,1H3,(H,37,41)(H,38,42). The van der Waals surface area contributed by atoms with Gasteiger partial charge in [-0.3, -0.25) is 15.0 Å². The van der Waals surface area contributed by atoms with Crippen LogP contribution >= 0.6 is 0 Å². The van der Waals surface area contributed by atoms with Crippen molar-refractivity contribution in [1.82, 2.24) is 4.90 Å². The number of aliphatic hydroxyl groups is 1. The van der Waals surface area contributed by atoms with Gasteiger partial charge in [-0.2, -0.15) is 0 Å². The predicted molar refractivity (Wildman–Crippen MR) is 170 cm³/mol. The molecule has 0 radical (unpaired) electrons. The van der Waals surface area contributed by atoms with Crippen molar-refractivity contribution in [3.05, 3.63) is 96.1 Å². The zero-order valence-electron chi connectivity index (χ0n) is 24.7. The Balaban J connectivity index is 0.967. The van der Waals surface area contributed by atoms with Crippen molar-refractivity contribution in [2.75, 3.05) is 17.7 Å². The number of aliphatic hydroxyl groups excluding tert-OH is 1. The molecule has 3 heterocycles. The summed E-state index contributed by atoms with van der Waals surface area (Å²) in [4.78, 5) is 28.1. The number of ether oxygens (including phenoxy) is 2. The fourth-order valence-electron chi connectivity index (χ4n) is 6.95. The van der Waals surface area contributed by atoms with Crippen LogP contribution in [0.4, 0.5) is 16.2 Å². The van der Waals surface area contributed by atoms with Crippen molar-refractivity contribution >= 4 is 34.1 Å². The number of carbonyl (C=O) groups excluding carboxylic acids is 2. The van der Waals surface area contributed by atoms with E-state index in [0.717, 1.165) is 58.0 Å². The van der Waals surface area contributed by atoms with Crippen LogP contribution in [0, 0.1) is 0 Å². The van der Waals surface area contributed by atoms with Crippen molar-refractivity contribution < 1.29 is 24.2 Å². The molecule has 4 aromatic rings. The van der Waals surface area contributed by atoms with Crippen molar-refractivity contribution in [2.24, 2.45) is 0 Å². The summed E-state index contributed by atoms with van der Waals surface area (Å²) < 4.78 is 11.7. The van der Waals surface area contributed by atoms with E-state index in [1.807, 2.05) is 78.9 Å². The number of aryl methyl sites for hydroxylation is 1. The van der Waals surface area contributed by atoms with Gasteiger partial charge in [-0.25, -0.2) is 4.79 Å². The number of nitrogens with one attached hydrogen (secondary N) is 2. The van der Waals surface area contributed by atoms with Gasteiger partial charge in [0.15, 0.2) is 0 Å². The molecule has 7 rings (SSSR count). The van der Waals surface area contributed by atoms with Crippen LogP contribution in [0.3, 0.4) is 0 Å². The van der Waals surface area contributed by atoms with Crippen molar-refractivity contribution in [3.8, 4) is 11.1 Å². The second-order valence-corrected chi connectivity index (χ2v) is 12.2. The van der Waals surface area contributed by atoms with Gasteiger partial charge >= 0.3 is 6.09 Å². The smallest absolute Gasteiger partial charge is 0.411 e. The van der Waals surface area contributed by atoms with E-state index in [1.165, 1.54) is 0 Å². The van der Waals surface area contributed by atoms with E-state index in [4.69, 9.17) is 9.47 Å². The molecule has 2 bridgehead atoms. The number of likely N-dealkylation sites (N-methyl/N-ethyl adjacent to an activating group) is 1. The Morgan fingerprint density at radius 3 is 2.39 bits per heavy atom.